The molecule has 15 heavy (non-hydrogen) atoms. The first-order valence-electron chi connectivity index (χ1n) is 4.37. The van der Waals surface area contributed by atoms with Crippen molar-refractivity contribution in [1.29, 1.82) is 0 Å². The Balaban J connectivity index is 3.30. The predicted octanol–water partition coefficient (Wildman–Crippen LogP) is 2.17. The lowest BCUT2D eigenvalue weighted by Gasteiger charge is -2.14. The van der Waals surface area contributed by atoms with Gasteiger partial charge in [-0.2, -0.15) is 0 Å². The van der Waals surface area contributed by atoms with Gasteiger partial charge in [0.25, 0.3) is 0 Å². The molecular weight excluding hydrogens is 262 g/mol. The average molecular weight is 276 g/mol. The zero-order valence-electron chi connectivity index (χ0n) is 8.96. The van der Waals surface area contributed by atoms with Gasteiger partial charge in [-0.3, -0.25) is 4.84 Å². The van der Waals surface area contributed by atoms with Crippen LogP contribution in [0.15, 0.2) is 10.5 Å². The average Bonchev–Trinajstić information content (AvgIpc) is 2.24. The SMILES string of the molecule is COc1cc(CON)c(OC)c(Br)c1C. The van der Waals surface area contributed by atoms with Crippen LogP contribution in [0.1, 0.15) is 11.1 Å². The minimum atomic E-state index is 0.276. The molecule has 0 aliphatic carbocycles. The van der Waals surface area contributed by atoms with Crippen LogP contribution in [0.5, 0.6) is 11.5 Å². The summed E-state index contributed by atoms with van der Waals surface area (Å²) in [4.78, 5) is 4.61. The zero-order valence-corrected chi connectivity index (χ0v) is 10.6. The first-order chi connectivity index (χ1) is 7.15. The van der Waals surface area contributed by atoms with Gasteiger partial charge in [-0.05, 0) is 28.9 Å². The zero-order chi connectivity index (χ0) is 11.4. The summed E-state index contributed by atoms with van der Waals surface area (Å²) in [6.07, 6.45) is 0. The molecule has 0 heterocycles. The van der Waals surface area contributed by atoms with Crippen molar-refractivity contribution < 1.29 is 14.3 Å². The first kappa shape index (κ1) is 12.3. The predicted molar refractivity (Wildman–Crippen MR) is 61.0 cm³/mol. The Morgan fingerprint density at radius 1 is 1.33 bits per heavy atom. The third-order valence-corrected chi connectivity index (χ3v) is 3.11. The van der Waals surface area contributed by atoms with Crippen molar-refractivity contribution in [2.75, 3.05) is 14.2 Å². The monoisotopic (exact) mass is 275 g/mol. The Morgan fingerprint density at radius 2 is 2.00 bits per heavy atom. The number of halogens is 1. The molecule has 0 bridgehead atoms. The Morgan fingerprint density at radius 3 is 2.47 bits per heavy atom. The fraction of sp³-hybridized carbons (Fsp3) is 0.400. The molecule has 0 amide bonds. The molecule has 0 aromatic heterocycles. The highest BCUT2D eigenvalue weighted by molar-refractivity contribution is 9.10. The molecule has 0 saturated heterocycles. The van der Waals surface area contributed by atoms with Gasteiger partial charge in [-0.25, -0.2) is 5.90 Å². The van der Waals surface area contributed by atoms with Crippen molar-refractivity contribution in [1.82, 2.24) is 0 Å². The molecule has 0 spiro atoms. The summed E-state index contributed by atoms with van der Waals surface area (Å²) in [6, 6.07) is 1.85. The number of hydrogen-bond donors (Lipinski definition) is 1. The highest BCUT2D eigenvalue weighted by Gasteiger charge is 2.14. The second-order valence-corrected chi connectivity index (χ2v) is 3.81. The van der Waals surface area contributed by atoms with E-state index in [0.29, 0.717) is 0 Å². The number of nitrogens with two attached hydrogens (primary N) is 1. The number of hydrogen-bond acceptors (Lipinski definition) is 4. The molecule has 0 saturated carbocycles. The maximum Gasteiger partial charge on any atom is 0.139 e. The lowest BCUT2D eigenvalue weighted by atomic mass is 10.1. The topological polar surface area (TPSA) is 53.7 Å². The summed E-state index contributed by atoms with van der Waals surface area (Å²) in [7, 11) is 3.22. The van der Waals surface area contributed by atoms with Gasteiger partial charge in [0.15, 0.2) is 0 Å². The highest BCUT2D eigenvalue weighted by atomic mass is 79.9. The van der Waals surface area contributed by atoms with E-state index in [1.54, 1.807) is 14.2 Å². The number of benzene rings is 1. The van der Waals surface area contributed by atoms with E-state index in [9.17, 15) is 0 Å². The second-order valence-electron chi connectivity index (χ2n) is 3.02. The molecule has 0 unspecified atom stereocenters. The largest absolute Gasteiger partial charge is 0.496 e. The molecule has 0 aliphatic rings. The minimum Gasteiger partial charge on any atom is -0.496 e. The van der Waals surface area contributed by atoms with Crippen LogP contribution in [-0.4, -0.2) is 14.2 Å². The van der Waals surface area contributed by atoms with E-state index in [4.69, 9.17) is 15.4 Å². The fourth-order valence-corrected chi connectivity index (χ4v) is 1.99. The summed E-state index contributed by atoms with van der Waals surface area (Å²) >= 11 is 3.45. The van der Waals surface area contributed by atoms with Gasteiger partial charge in [0, 0.05) is 11.1 Å². The van der Waals surface area contributed by atoms with Gasteiger partial charge < -0.3 is 9.47 Å². The van der Waals surface area contributed by atoms with E-state index < -0.39 is 0 Å². The summed E-state index contributed by atoms with van der Waals surface area (Å²) < 4.78 is 11.4. The van der Waals surface area contributed by atoms with Crippen molar-refractivity contribution in [3.05, 3.63) is 21.7 Å². The van der Waals surface area contributed by atoms with Crippen molar-refractivity contribution in [2.45, 2.75) is 13.5 Å². The van der Waals surface area contributed by atoms with E-state index in [1.165, 1.54) is 0 Å². The fourth-order valence-electron chi connectivity index (χ4n) is 1.38. The summed E-state index contributed by atoms with van der Waals surface area (Å²) in [5.74, 6) is 6.55. The quantitative estimate of drug-likeness (QED) is 0.856. The van der Waals surface area contributed by atoms with Crippen molar-refractivity contribution in [3.8, 4) is 11.5 Å². The number of ether oxygens (including phenoxy) is 2. The van der Waals surface area contributed by atoms with E-state index >= 15 is 0 Å². The maximum absolute atomic E-state index is 5.27. The van der Waals surface area contributed by atoms with Crippen molar-refractivity contribution in [2.24, 2.45) is 5.90 Å². The third kappa shape index (κ3) is 2.42. The molecule has 0 atom stereocenters. The van der Waals surface area contributed by atoms with Gasteiger partial charge in [0.05, 0.1) is 25.3 Å². The van der Waals surface area contributed by atoms with Gasteiger partial charge >= 0.3 is 0 Å². The lowest BCUT2D eigenvalue weighted by Crippen LogP contribution is -2.03. The Bertz CT molecular complexity index is 355. The van der Waals surface area contributed by atoms with Crippen LogP contribution in [0.3, 0.4) is 0 Å². The Hall–Kier alpha value is -0.780. The standard InChI is InChI=1S/C10H14BrNO3/c1-6-8(13-2)4-7(5-15-12)10(14-3)9(6)11/h4H,5,12H2,1-3H3. The summed E-state index contributed by atoms with van der Waals surface area (Å²) in [5.41, 5.74) is 1.82. The van der Waals surface area contributed by atoms with Gasteiger partial charge in [0.2, 0.25) is 0 Å². The van der Waals surface area contributed by atoms with Gasteiger partial charge in [-0.15, -0.1) is 0 Å². The molecule has 0 fully saturated rings. The van der Waals surface area contributed by atoms with Gasteiger partial charge in [0.1, 0.15) is 11.5 Å². The molecular formula is C10H14BrNO3. The highest BCUT2D eigenvalue weighted by Crippen LogP contribution is 2.38. The van der Waals surface area contributed by atoms with Crippen LogP contribution in [0.25, 0.3) is 0 Å². The number of methoxy groups -OCH3 is 2. The molecule has 84 valence electrons. The van der Waals surface area contributed by atoms with Crippen LogP contribution in [0, 0.1) is 6.92 Å². The van der Waals surface area contributed by atoms with E-state index in [0.717, 1.165) is 27.1 Å². The molecule has 2 N–H and O–H groups in total. The van der Waals surface area contributed by atoms with Crippen LogP contribution in [0.4, 0.5) is 0 Å². The molecule has 1 aromatic rings. The van der Waals surface area contributed by atoms with Crippen LogP contribution >= 0.6 is 15.9 Å². The smallest absolute Gasteiger partial charge is 0.139 e. The first-order valence-corrected chi connectivity index (χ1v) is 5.16. The van der Waals surface area contributed by atoms with Crippen molar-refractivity contribution in [3.63, 3.8) is 0 Å². The van der Waals surface area contributed by atoms with Gasteiger partial charge in [-0.1, -0.05) is 0 Å². The molecule has 4 nitrogen and oxygen atoms in total. The number of rotatable bonds is 4. The molecule has 0 aliphatic heterocycles. The molecule has 1 rings (SSSR count). The molecule has 1 aromatic carbocycles. The summed E-state index contributed by atoms with van der Waals surface area (Å²) in [5, 5.41) is 0. The van der Waals surface area contributed by atoms with E-state index in [2.05, 4.69) is 20.8 Å². The van der Waals surface area contributed by atoms with E-state index in [1.807, 2.05) is 13.0 Å². The van der Waals surface area contributed by atoms with Crippen LogP contribution < -0.4 is 15.4 Å². The van der Waals surface area contributed by atoms with Crippen LogP contribution in [0.2, 0.25) is 0 Å². The minimum absolute atomic E-state index is 0.276. The molecule has 0 radical (unpaired) electrons. The van der Waals surface area contributed by atoms with Crippen molar-refractivity contribution >= 4 is 15.9 Å². The maximum atomic E-state index is 5.27. The second kappa shape index (κ2) is 5.34. The lowest BCUT2D eigenvalue weighted by molar-refractivity contribution is 0.121. The molecule has 5 heteroatoms. The van der Waals surface area contributed by atoms with E-state index in [-0.39, 0.29) is 6.61 Å². The Kier molecular flexibility index (Phi) is 4.38. The Labute approximate surface area is 97.4 Å². The summed E-state index contributed by atoms with van der Waals surface area (Å²) in [6.45, 7) is 2.22. The normalized spacial score (nSPS) is 10.2. The van der Waals surface area contributed by atoms with Crippen LogP contribution in [-0.2, 0) is 11.4 Å². The third-order valence-electron chi connectivity index (χ3n) is 2.16.